The molecule has 22 heavy (non-hydrogen) atoms. The molecule has 0 bridgehead atoms. The molecule has 1 heterocycles. The number of halogens is 1. The fourth-order valence-corrected chi connectivity index (χ4v) is 3.08. The van der Waals surface area contributed by atoms with Crippen molar-refractivity contribution in [1.29, 1.82) is 0 Å². The first kappa shape index (κ1) is 15.0. The van der Waals surface area contributed by atoms with Crippen LogP contribution >= 0.6 is 22.6 Å². The fourth-order valence-electron chi connectivity index (χ4n) is 2.54. The molecule has 5 heteroatoms. The predicted molar refractivity (Wildman–Crippen MR) is 95.1 cm³/mol. The van der Waals surface area contributed by atoms with E-state index in [0.29, 0.717) is 24.2 Å². The van der Waals surface area contributed by atoms with Crippen LogP contribution in [0, 0.1) is 3.57 Å². The van der Waals surface area contributed by atoms with Crippen LogP contribution in [0.3, 0.4) is 0 Å². The predicted octanol–water partition coefficient (Wildman–Crippen LogP) is 3.67. The van der Waals surface area contributed by atoms with E-state index < -0.39 is 0 Å². The summed E-state index contributed by atoms with van der Waals surface area (Å²) in [6.07, 6.45) is 1.43. The van der Waals surface area contributed by atoms with Crippen molar-refractivity contribution in [3.63, 3.8) is 0 Å². The number of hydrogen-bond acceptors (Lipinski definition) is 2. The summed E-state index contributed by atoms with van der Waals surface area (Å²) in [6.45, 7) is 0.703. The first-order chi connectivity index (χ1) is 10.6. The van der Waals surface area contributed by atoms with Crippen LogP contribution in [-0.2, 0) is 4.79 Å². The SMILES string of the molecule is O=C(Nc1ccccc1N1CCCC1=O)c1cccc(I)c1. The van der Waals surface area contributed by atoms with Crippen molar-refractivity contribution >= 4 is 45.8 Å². The summed E-state index contributed by atoms with van der Waals surface area (Å²) < 4.78 is 1.01. The van der Waals surface area contributed by atoms with Gasteiger partial charge >= 0.3 is 0 Å². The van der Waals surface area contributed by atoms with E-state index in [4.69, 9.17) is 0 Å². The van der Waals surface area contributed by atoms with Crippen molar-refractivity contribution < 1.29 is 9.59 Å². The Bertz CT molecular complexity index is 730. The van der Waals surface area contributed by atoms with Crippen LogP contribution in [0.4, 0.5) is 11.4 Å². The molecule has 2 amide bonds. The number of anilines is 2. The molecule has 0 saturated carbocycles. The highest BCUT2D eigenvalue weighted by Gasteiger charge is 2.24. The second-order valence-corrected chi connectivity index (χ2v) is 6.38. The molecule has 4 nitrogen and oxygen atoms in total. The van der Waals surface area contributed by atoms with Crippen molar-refractivity contribution in [1.82, 2.24) is 0 Å². The number of nitrogens with zero attached hydrogens (tertiary/aromatic N) is 1. The Hall–Kier alpha value is -1.89. The maximum atomic E-state index is 12.4. The van der Waals surface area contributed by atoms with Gasteiger partial charge in [0.05, 0.1) is 11.4 Å². The molecule has 0 atom stereocenters. The Labute approximate surface area is 142 Å². The molecule has 112 valence electrons. The molecular formula is C17H15IN2O2. The lowest BCUT2D eigenvalue weighted by Gasteiger charge is -2.20. The van der Waals surface area contributed by atoms with Gasteiger partial charge in [-0.2, -0.15) is 0 Å². The van der Waals surface area contributed by atoms with Crippen LogP contribution in [0.1, 0.15) is 23.2 Å². The van der Waals surface area contributed by atoms with Gasteiger partial charge in [0.25, 0.3) is 5.91 Å². The van der Waals surface area contributed by atoms with Crippen molar-refractivity contribution in [2.75, 3.05) is 16.8 Å². The monoisotopic (exact) mass is 406 g/mol. The molecule has 3 rings (SSSR count). The number of rotatable bonds is 3. The van der Waals surface area contributed by atoms with Crippen LogP contribution in [-0.4, -0.2) is 18.4 Å². The molecule has 0 aromatic heterocycles. The summed E-state index contributed by atoms with van der Waals surface area (Å²) in [5.41, 5.74) is 2.04. The zero-order valence-electron chi connectivity index (χ0n) is 11.9. The third-order valence-corrected chi connectivity index (χ3v) is 4.27. The third-order valence-electron chi connectivity index (χ3n) is 3.60. The van der Waals surface area contributed by atoms with Gasteiger partial charge < -0.3 is 10.2 Å². The van der Waals surface area contributed by atoms with Crippen molar-refractivity contribution in [2.45, 2.75) is 12.8 Å². The zero-order valence-corrected chi connectivity index (χ0v) is 14.0. The van der Waals surface area contributed by atoms with Gasteiger partial charge in [-0.05, 0) is 59.3 Å². The van der Waals surface area contributed by atoms with Crippen molar-refractivity contribution in [3.05, 3.63) is 57.7 Å². The average Bonchev–Trinajstić information content (AvgIpc) is 2.94. The lowest BCUT2D eigenvalue weighted by atomic mass is 10.2. The molecule has 2 aromatic rings. The quantitative estimate of drug-likeness (QED) is 0.791. The fraction of sp³-hybridized carbons (Fsp3) is 0.176. The molecule has 1 saturated heterocycles. The molecule has 1 fully saturated rings. The number of hydrogen-bond donors (Lipinski definition) is 1. The number of carbonyl (C=O) groups excluding carboxylic acids is 2. The summed E-state index contributed by atoms with van der Waals surface area (Å²) in [5.74, 6) is -0.0615. The Balaban J connectivity index is 1.86. The first-order valence-corrected chi connectivity index (χ1v) is 8.19. The summed E-state index contributed by atoms with van der Waals surface area (Å²) in [5, 5.41) is 2.92. The molecule has 1 aliphatic rings. The van der Waals surface area contributed by atoms with Gasteiger partial charge in [-0.15, -0.1) is 0 Å². The maximum absolute atomic E-state index is 12.4. The molecule has 1 N–H and O–H groups in total. The van der Waals surface area contributed by atoms with Crippen LogP contribution in [0.5, 0.6) is 0 Å². The average molecular weight is 406 g/mol. The van der Waals surface area contributed by atoms with Crippen molar-refractivity contribution in [3.8, 4) is 0 Å². The number of carbonyl (C=O) groups is 2. The molecular weight excluding hydrogens is 391 g/mol. The normalized spacial score (nSPS) is 14.2. The smallest absolute Gasteiger partial charge is 0.255 e. The first-order valence-electron chi connectivity index (χ1n) is 7.11. The maximum Gasteiger partial charge on any atom is 0.255 e. The Kier molecular flexibility index (Phi) is 4.42. The van der Waals surface area contributed by atoms with Gasteiger partial charge in [-0.3, -0.25) is 9.59 Å². The number of amides is 2. The molecule has 0 aliphatic carbocycles. The second-order valence-electron chi connectivity index (χ2n) is 5.13. The van der Waals surface area contributed by atoms with E-state index in [9.17, 15) is 9.59 Å². The summed E-state index contributed by atoms with van der Waals surface area (Å²) in [6, 6.07) is 14.8. The van der Waals surface area contributed by atoms with Crippen molar-refractivity contribution in [2.24, 2.45) is 0 Å². The zero-order chi connectivity index (χ0) is 15.5. The third kappa shape index (κ3) is 3.14. The van der Waals surface area contributed by atoms with E-state index in [1.165, 1.54) is 0 Å². The van der Waals surface area contributed by atoms with E-state index in [1.807, 2.05) is 42.5 Å². The summed E-state index contributed by atoms with van der Waals surface area (Å²) in [4.78, 5) is 26.1. The Morgan fingerprint density at radius 2 is 1.95 bits per heavy atom. The second kappa shape index (κ2) is 6.48. The highest BCUT2D eigenvalue weighted by atomic mass is 127. The number of para-hydroxylation sites is 2. The van der Waals surface area contributed by atoms with Gasteiger partial charge in [0.2, 0.25) is 5.91 Å². The number of nitrogens with one attached hydrogen (secondary N) is 1. The van der Waals surface area contributed by atoms with Crippen LogP contribution in [0.15, 0.2) is 48.5 Å². The van der Waals surface area contributed by atoms with Crippen LogP contribution < -0.4 is 10.2 Å². The Morgan fingerprint density at radius 1 is 1.14 bits per heavy atom. The van der Waals surface area contributed by atoms with Gasteiger partial charge in [-0.1, -0.05) is 18.2 Å². The van der Waals surface area contributed by atoms with E-state index in [0.717, 1.165) is 15.7 Å². The minimum absolute atomic E-state index is 0.107. The minimum atomic E-state index is -0.169. The molecule has 1 aliphatic heterocycles. The molecule has 0 radical (unpaired) electrons. The van der Waals surface area contributed by atoms with E-state index in [-0.39, 0.29) is 11.8 Å². The summed E-state index contributed by atoms with van der Waals surface area (Å²) in [7, 11) is 0. The van der Waals surface area contributed by atoms with E-state index in [1.54, 1.807) is 11.0 Å². The largest absolute Gasteiger partial charge is 0.320 e. The van der Waals surface area contributed by atoms with Gasteiger partial charge in [0.15, 0.2) is 0 Å². The van der Waals surface area contributed by atoms with Crippen LogP contribution in [0.2, 0.25) is 0 Å². The van der Waals surface area contributed by atoms with Gasteiger partial charge in [0, 0.05) is 22.1 Å². The lowest BCUT2D eigenvalue weighted by molar-refractivity contribution is -0.117. The molecule has 0 spiro atoms. The minimum Gasteiger partial charge on any atom is -0.320 e. The lowest BCUT2D eigenvalue weighted by Crippen LogP contribution is -2.25. The summed E-state index contributed by atoms with van der Waals surface area (Å²) >= 11 is 2.18. The Morgan fingerprint density at radius 3 is 2.68 bits per heavy atom. The topological polar surface area (TPSA) is 49.4 Å². The molecule has 2 aromatic carbocycles. The standard InChI is InChI=1S/C17H15IN2O2/c18-13-6-3-5-12(11-13)17(22)19-14-7-1-2-8-15(14)20-10-4-9-16(20)21/h1-3,5-8,11H,4,9-10H2,(H,19,22). The molecule has 0 unspecified atom stereocenters. The highest BCUT2D eigenvalue weighted by molar-refractivity contribution is 14.1. The van der Waals surface area contributed by atoms with Crippen LogP contribution in [0.25, 0.3) is 0 Å². The van der Waals surface area contributed by atoms with E-state index in [2.05, 4.69) is 27.9 Å². The highest BCUT2D eigenvalue weighted by Crippen LogP contribution is 2.29. The van der Waals surface area contributed by atoms with E-state index >= 15 is 0 Å². The number of benzene rings is 2. The van der Waals surface area contributed by atoms with Gasteiger partial charge in [0.1, 0.15) is 0 Å². The van der Waals surface area contributed by atoms with Gasteiger partial charge in [-0.25, -0.2) is 0 Å².